The highest BCUT2D eigenvalue weighted by molar-refractivity contribution is 5.80. The van der Waals surface area contributed by atoms with Gasteiger partial charge < -0.3 is 9.64 Å². The first-order chi connectivity index (χ1) is 13.9. The number of benzene rings is 1. The SMILES string of the molecule is CC(=O)[C@H](C(C)C)C(C(C)C)N(C)C(=O)OCc1ccc(C(C)C(C)C(C)C)cc1. The molecule has 0 fully saturated rings. The number of carbonyl (C=O) groups excluding carboxylic acids is 2. The molecule has 0 aliphatic heterocycles. The molecule has 4 nitrogen and oxygen atoms in total. The van der Waals surface area contributed by atoms with Crippen molar-refractivity contribution in [3.63, 3.8) is 0 Å². The maximum absolute atomic E-state index is 12.7. The topological polar surface area (TPSA) is 46.6 Å². The van der Waals surface area contributed by atoms with Gasteiger partial charge in [0.2, 0.25) is 0 Å². The molecular formula is C26H43NO3. The van der Waals surface area contributed by atoms with E-state index in [-0.39, 0.29) is 42.3 Å². The molecule has 0 N–H and O–H groups in total. The number of ketones is 1. The lowest BCUT2D eigenvalue weighted by molar-refractivity contribution is -0.124. The summed E-state index contributed by atoms with van der Waals surface area (Å²) in [5, 5.41) is 0. The molecule has 0 aromatic heterocycles. The summed E-state index contributed by atoms with van der Waals surface area (Å²) in [6, 6.07) is 8.17. The van der Waals surface area contributed by atoms with E-state index in [4.69, 9.17) is 4.74 Å². The largest absolute Gasteiger partial charge is 0.445 e. The fourth-order valence-corrected chi connectivity index (χ4v) is 4.37. The van der Waals surface area contributed by atoms with Gasteiger partial charge >= 0.3 is 6.09 Å². The number of hydrogen-bond donors (Lipinski definition) is 0. The maximum atomic E-state index is 12.7. The third-order valence-corrected chi connectivity index (χ3v) is 6.68. The van der Waals surface area contributed by atoms with Crippen LogP contribution in [-0.4, -0.2) is 29.9 Å². The molecule has 0 aliphatic rings. The van der Waals surface area contributed by atoms with Gasteiger partial charge in [-0.1, -0.05) is 79.7 Å². The van der Waals surface area contributed by atoms with E-state index in [2.05, 4.69) is 39.8 Å². The fraction of sp³-hybridized carbons (Fsp3) is 0.692. The number of carbonyl (C=O) groups is 2. The molecular weight excluding hydrogens is 374 g/mol. The van der Waals surface area contributed by atoms with Crippen molar-refractivity contribution < 1.29 is 14.3 Å². The van der Waals surface area contributed by atoms with Crippen LogP contribution in [0.5, 0.6) is 0 Å². The average Bonchev–Trinajstić information content (AvgIpc) is 2.67. The number of Topliss-reactive ketones (excluding diaryl/α,β-unsaturated/α-hetero) is 1. The van der Waals surface area contributed by atoms with Gasteiger partial charge in [-0.15, -0.1) is 0 Å². The molecule has 0 spiro atoms. The normalized spacial score (nSPS) is 15.8. The summed E-state index contributed by atoms with van der Waals surface area (Å²) in [5.41, 5.74) is 2.28. The highest BCUT2D eigenvalue weighted by Crippen LogP contribution is 2.30. The van der Waals surface area contributed by atoms with E-state index < -0.39 is 0 Å². The van der Waals surface area contributed by atoms with Crippen LogP contribution < -0.4 is 0 Å². The second-order valence-corrected chi connectivity index (χ2v) is 9.91. The van der Waals surface area contributed by atoms with Gasteiger partial charge in [0.05, 0.1) is 0 Å². The van der Waals surface area contributed by atoms with Gasteiger partial charge in [-0.05, 0) is 47.6 Å². The molecule has 30 heavy (non-hydrogen) atoms. The third-order valence-electron chi connectivity index (χ3n) is 6.68. The zero-order chi connectivity index (χ0) is 23.2. The van der Waals surface area contributed by atoms with Crippen LogP contribution in [-0.2, 0) is 16.1 Å². The average molecular weight is 418 g/mol. The summed E-state index contributed by atoms with van der Waals surface area (Å²) in [6.45, 7) is 19.1. The molecule has 0 aliphatic carbocycles. The first-order valence-corrected chi connectivity index (χ1v) is 11.4. The van der Waals surface area contributed by atoms with E-state index in [1.54, 1.807) is 18.9 Å². The van der Waals surface area contributed by atoms with Crippen molar-refractivity contribution in [1.82, 2.24) is 4.90 Å². The Bertz CT molecular complexity index is 678. The highest BCUT2D eigenvalue weighted by Gasteiger charge is 2.36. The number of rotatable bonds is 10. The molecule has 4 heteroatoms. The third kappa shape index (κ3) is 6.85. The van der Waals surface area contributed by atoms with Crippen molar-refractivity contribution in [3.8, 4) is 0 Å². The van der Waals surface area contributed by atoms with Crippen LogP contribution in [0.15, 0.2) is 24.3 Å². The van der Waals surface area contributed by atoms with Crippen molar-refractivity contribution in [2.24, 2.45) is 29.6 Å². The first kappa shape index (κ1) is 26.2. The molecule has 4 atom stereocenters. The highest BCUT2D eigenvalue weighted by atomic mass is 16.6. The molecule has 1 amide bonds. The molecule has 170 valence electrons. The van der Waals surface area contributed by atoms with Gasteiger partial charge in [0.25, 0.3) is 0 Å². The second kappa shape index (κ2) is 11.5. The van der Waals surface area contributed by atoms with Gasteiger partial charge in [-0.25, -0.2) is 4.79 Å². The fourth-order valence-electron chi connectivity index (χ4n) is 4.37. The van der Waals surface area contributed by atoms with E-state index in [0.717, 1.165) is 5.56 Å². The number of amides is 1. The lowest BCUT2D eigenvalue weighted by atomic mass is 9.79. The molecule has 0 saturated carbocycles. The molecule has 1 aromatic rings. The summed E-state index contributed by atoms with van der Waals surface area (Å²) < 4.78 is 5.59. The van der Waals surface area contributed by atoms with Crippen molar-refractivity contribution in [3.05, 3.63) is 35.4 Å². The Balaban J connectivity index is 2.81. The predicted molar refractivity (Wildman–Crippen MR) is 124 cm³/mol. The first-order valence-electron chi connectivity index (χ1n) is 11.4. The lowest BCUT2D eigenvalue weighted by Crippen LogP contribution is -2.49. The van der Waals surface area contributed by atoms with E-state index in [0.29, 0.717) is 17.8 Å². The van der Waals surface area contributed by atoms with Gasteiger partial charge in [0, 0.05) is 19.0 Å². The van der Waals surface area contributed by atoms with E-state index in [9.17, 15) is 9.59 Å². The minimum Gasteiger partial charge on any atom is -0.445 e. The molecule has 0 heterocycles. The van der Waals surface area contributed by atoms with E-state index in [1.807, 2.05) is 39.8 Å². The van der Waals surface area contributed by atoms with Gasteiger partial charge in [0.15, 0.2) is 0 Å². The van der Waals surface area contributed by atoms with Crippen molar-refractivity contribution in [2.45, 2.75) is 80.9 Å². The predicted octanol–water partition coefficient (Wildman–Crippen LogP) is 6.54. The Morgan fingerprint density at radius 1 is 0.867 bits per heavy atom. The van der Waals surface area contributed by atoms with Gasteiger partial charge in [-0.3, -0.25) is 4.79 Å². The quantitative estimate of drug-likeness (QED) is 0.434. The Labute approximate surface area is 184 Å². The molecule has 0 saturated heterocycles. The van der Waals surface area contributed by atoms with Crippen LogP contribution in [0.1, 0.15) is 79.4 Å². The molecule has 1 rings (SSSR count). The van der Waals surface area contributed by atoms with Crippen LogP contribution >= 0.6 is 0 Å². The standard InChI is InChI=1S/C26H43NO3/c1-16(2)19(7)20(8)23-13-11-22(12-14-23)15-30-26(29)27(10)25(18(5)6)24(17(3)4)21(9)28/h11-14,16-20,24-25H,15H2,1-10H3/t19?,20?,24-,25?/m0/s1. The summed E-state index contributed by atoms with van der Waals surface area (Å²) in [4.78, 5) is 26.6. The van der Waals surface area contributed by atoms with Crippen LogP contribution in [0, 0.1) is 29.6 Å². The summed E-state index contributed by atoms with van der Waals surface area (Å²) in [5.74, 6) is 1.95. The van der Waals surface area contributed by atoms with Crippen LogP contribution in [0.4, 0.5) is 4.79 Å². The smallest absolute Gasteiger partial charge is 0.410 e. The summed E-state index contributed by atoms with van der Waals surface area (Å²) in [6.07, 6.45) is -0.383. The Hall–Kier alpha value is -1.84. The minimum atomic E-state index is -0.383. The monoisotopic (exact) mass is 417 g/mol. The zero-order valence-corrected chi connectivity index (χ0v) is 20.7. The molecule has 0 radical (unpaired) electrons. The molecule has 3 unspecified atom stereocenters. The number of ether oxygens (including phenoxy) is 1. The van der Waals surface area contributed by atoms with E-state index >= 15 is 0 Å². The van der Waals surface area contributed by atoms with Crippen LogP contribution in [0.2, 0.25) is 0 Å². The van der Waals surface area contributed by atoms with Crippen molar-refractivity contribution in [1.29, 1.82) is 0 Å². The van der Waals surface area contributed by atoms with Crippen molar-refractivity contribution in [2.75, 3.05) is 7.05 Å². The van der Waals surface area contributed by atoms with Crippen LogP contribution in [0.25, 0.3) is 0 Å². The van der Waals surface area contributed by atoms with E-state index in [1.165, 1.54) is 5.56 Å². The number of nitrogens with zero attached hydrogens (tertiary/aromatic N) is 1. The van der Waals surface area contributed by atoms with Crippen molar-refractivity contribution >= 4 is 11.9 Å². The Kier molecular flexibility index (Phi) is 10.1. The molecule has 0 bridgehead atoms. The molecule has 1 aromatic carbocycles. The lowest BCUT2D eigenvalue weighted by Gasteiger charge is -2.37. The summed E-state index contributed by atoms with van der Waals surface area (Å²) >= 11 is 0. The minimum absolute atomic E-state index is 0.115. The second-order valence-electron chi connectivity index (χ2n) is 9.91. The number of hydrogen-bond acceptors (Lipinski definition) is 3. The maximum Gasteiger partial charge on any atom is 0.410 e. The van der Waals surface area contributed by atoms with Gasteiger partial charge in [0.1, 0.15) is 12.4 Å². The Morgan fingerprint density at radius 3 is 1.80 bits per heavy atom. The van der Waals surface area contributed by atoms with Gasteiger partial charge in [-0.2, -0.15) is 0 Å². The van der Waals surface area contributed by atoms with Crippen LogP contribution in [0.3, 0.4) is 0 Å². The zero-order valence-electron chi connectivity index (χ0n) is 20.7. The Morgan fingerprint density at radius 2 is 1.40 bits per heavy atom. The summed E-state index contributed by atoms with van der Waals surface area (Å²) in [7, 11) is 1.74.